The minimum absolute atomic E-state index is 0.190. The maximum atomic E-state index is 13.0. The van der Waals surface area contributed by atoms with E-state index in [1.165, 1.54) is 18.5 Å². The summed E-state index contributed by atoms with van der Waals surface area (Å²) in [6.07, 6.45) is -1.60. The Morgan fingerprint density at radius 1 is 1.29 bits per heavy atom. The molecule has 0 saturated heterocycles. The molecule has 0 spiro atoms. The first-order chi connectivity index (χ1) is 9.88. The summed E-state index contributed by atoms with van der Waals surface area (Å²) in [5.41, 5.74) is 5.24. The van der Waals surface area contributed by atoms with Crippen LogP contribution in [-0.2, 0) is 12.7 Å². The predicted octanol–water partition coefficient (Wildman–Crippen LogP) is 2.74. The number of nitrogens with one attached hydrogen (secondary N) is 1. The van der Waals surface area contributed by atoms with Crippen LogP contribution >= 0.6 is 12.2 Å². The van der Waals surface area contributed by atoms with E-state index in [0.29, 0.717) is 11.4 Å². The van der Waals surface area contributed by atoms with Gasteiger partial charge in [-0.15, -0.1) is 0 Å². The molecule has 1 aromatic heterocycles. The van der Waals surface area contributed by atoms with Gasteiger partial charge >= 0.3 is 6.18 Å². The van der Waals surface area contributed by atoms with Gasteiger partial charge in [-0.3, -0.25) is 0 Å². The first kappa shape index (κ1) is 15.2. The van der Waals surface area contributed by atoms with Crippen LogP contribution in [0.15, 0.2) is 36.8 Å². The number of anilines is 1. The lowest BCUT2D eigenvalue weighted by molar-refractivity contribution is -0.137. The molecule has 0 unspecified atom stereocenters. The molecule has 0 radical (unpaired) electrons. The molecule has 0 bridgehead atoms. The first-order valence-electron chi connectivity index (χ1n) is 5.88. The predicted molar refractivity (Wildman–Crippen MR) is 76.7 cm³/mol. The van der Waals surface area contributed by atoms with Crippen LogP contribution in [0.1, 0.15) is 16.8 Å². The van der Waals surface area contributed by atoms with Crippen molar-refractivity contribution in [3.05, 3.63) is 53.6 Å². The number of thiocarbonyl (C=S) groups is 1. The van der Waals surface area contributed by atoms with Gasteiger partial charge in [0.05, 0.1) is 17.8 Å². The van der Waals surface area contributed by atoms with Crippen molar-refractivity contribution in [2.45, 2.75) is 12.7 Å². The Balaban J connectivity index is 2.24. The van der Waals surface area contributed by atoms with Crippen molar-refractivity contribution in [3.63, 3.8) is 0 Å². The summed E-state index contributed by atoms with van der Waals surface area (Å²) in [5, 5.41) is 2.87. The minimum Gasteiger partial charge on any atom is -0.389 e. The second-order valence-corrected chi connectivity index (χ2v) is 4.62. The van der Waals surface area contributed by atoms with Crippen molar-refractivity contribution >= 4 is 22.9 Å². The zero-order valence-corrected chi connectivity index (χ0v) is 11.5. The van der Waals surface area contributed by atoms with E-state index >= 15 is 0 Å². The van der Waals surface area contributed by atoms with Crippen LogP contribution in [0.5, 0.6) is 0 Å². The Bertz CT molecular complexity index is 644. The fourth-order valence-corrected chi connectivity index (χ4v) is 1.90. The standard InChI is InChI=1S/C13H11F3N4S/c14-13(15,16)11-5-8(1-2-10(11)12(17)21)19-6-9-3-4-18-7-20-9/h1-5,7,19H,6H2,(H2,17,21). The molecule has 0 saturated carbocycles. The third kappa shape index (κ3) is 3.88. The molecule has 0 aliphatic heterocycles. The number of nitrogens with zero attached hydrogens (tertiary/aromatic N) is 2. The molecule has 8 heteroatoms. The highest BCUT2D eigenvalue weighted by Gasteiger charge is 2.34. The highest BCUT2D eigenvalue weighted by atomic mass is 32.1. The van der Waals surface area contributed by atoms with E-state index < -0.39 is 11.7 Å². The molecule has 1 heterocycles. The third-order valence-corrected chi connectivity index (χ3v) is 2.93. The van der Waals surface area contributed by atoms with Gasteiger partial charge in [-0.1, -0.05) is 12.2 Å². The van der Waals surface area contributed by atoms with Gasteiger partial charge in [-0.2, -0.15) is 13.2 Å². The van der Waals surface area contributed by atoms with Crippen molar-refractivity contribution in [1.29, 1.82) is 0 Å². The quantitative estimate of drug-likeness (QED) is 0.850. The Kier molecular flexibility index (Phi) is 4.37. The molecule has 4 nitrogen and oxygen atoms in total. The number of benzene rings is 1. The van der Waals surface area contributed by atoms with Gasteiger partial charge in [-0.25, -0.2) is 9.97 Å². The minimum atomic E-state index is -4.52. The number of hydrogen-bond acceptors (Lipinski definition) is 4. The third-order valence-electron chi connectivity index (χ3n) is 2.71. The summed E-state index contributed by atoms with van der Waals surface area (Å²) in [5.74, 6) is 0. The molecule has 0 aliphatic carbocycles. The number of nitrogens with two attached hydrogens (primary N) is 1. The second-order valence-electron chi connectivity index (χ2n) is 4.18. The van der Waals surface area contributed by atoms with Gasteiger partial charge in [0.15, 0.2) is 0 Å². The Morgan fingerprint density at radius 3 is 2.62 bits per heavy atom. The number of alkyl halides is 3. The Morgan fingerprint density at radius 2 is 2.05 bits per heavy atom. The second kappa shape index (κ2) is 6.04. The molecule has 21 heavy (non-hydrogen) atoms. The number of rotatable bonds is 4. The summed E-state index contributed by atoms with van der Waals surface area (Å²) in [4.78, 5) is 7.45. The summed E-state index contributed by atoms with van der Waals surface area (Å²) < 4.78 is 39.0. The van der Waals surface area contributed by atoms with Gasteiger partial charge in [0.2, 0.25) is 0 Å². The van der Waals surface area contributed by atoms with Crippen molar-refractivity contribution in [2.75, 3.05) is 5.32 Å². The zero-order valence-electron chi connectivity index (χ0n) is 10.7. The van der Waals surface area contributed by atoms with Crippen LogP contribution in [0.3, 0.4) is 0 Å². The largest absolute Gasteiger partial charge is 0.417 e. The lowest BCUT2D eigenvalue weighted by atomic mass is 10.1. The van der Waals surface area contributed by atoms with E-state index in [4.69, 9.17) is 5.73 Å². The van der Waals surface area contributed by atoms with Gasteiger partial charge in [0.25, 0.3) is 0 Å². The van der Waals surface area contributed by atoms with E-state index in [9.17, 15) is 13.2 Å². The van der Waals surface area contributed by atoms with E-state index in [-0.39, 0.29) is 17.1 Å². The topological polar surface area (TPSA) is 63.8 Å². The summed E-state index contributed by atoms with van der Waals surface area (Å²) >= 11 is 4.64. The first-order valence-corrected chi connectivity index (χ1v) is 6.28. The lowest BCUT2D eigenvalue weighted by Crippen LogP contribution is -2.18. The van der Waals surface area contributed by atoms with Crippen molar-refractivity contribution in [1.82, 2.24) is 9.97 Å². The van der Waals surface area contributed by atoms with Crippen molar-refractivity contribution < 1.29 is 13.2 Å². The molecule has 2 rings (SSSR count). The van der Waals surface area contributed by atoms with Crippen LogP contribution in [0, 0.1) is 0 Å². The fourth-order valence-electron chi connectivity index (χ4n) is 1.72. The van der Waals surface area contributed by atoms with Crippen molar-refractivity contribution in [2.24, 2.45) is 5.73 Å². The molecule has 0 fully saturated rings. The van der Waals surface area contributed by atoms with Gasteiger partial charge < -0.3 is 11.1 Å². The van der Waals surface area contributed by atoms with Crippen LogP contribution in [0.4, 0.5) is 18.9 Å². The molecule has 1 aromatic carbocycles. The normalized spacial score (nSPS) is 11.2. The van der Waals surface area contributed by atoms with Crippen molar-refractivity contribution in [3.8, 4) is 0 Å². The van der Waals surface area contributed by atoms with E-state index in [1.807, 2.05) is 0 Å². The molecular formula is C13H11F3N4S. The van der Waals surface area contributed by atoms with E-state index in [1.54, 1.807) is 12.3 Å². The maximum absolute atomic E-state index is 13.0. The SMILES string of the molecule is NC(=S)c1ccc(NCc2ccncn2)cc1C(F)(F)F. The number of hydrogen-bond donors (Lipinski definition) is 2. The maximum Gasteiger partial charge on any atom is 0.417 e. The molecular weight excluding hydrogens is 301 g/mol. The molecule has 2 aromatic rings. The van der Waals surface area contributed by atoms with E-state index in [2.05, 4.69) is 27.5 Å². The Labute approximate surface area is 124 Å². The molecule has 0 amide bonds. The fraction of sp³-hybridized carbons (Fsp3) is 0.154. The highest BCUT2D eigenvalue weighted by molar-refractivity contribution is 7.80. The molecule has 0 atom stereocenters. The summed E-state index contributed by atoms with van der Waals surface area (Å²) in [6.45, 7) is 0.284. The van der Waals surface area contributed by atoms with Crippen LogP contribution in [-0.4, -0.2) is 15.0 Å². The van der Waals surface area contributed by atoms with Crippen LogP contribution in [0.2, 0.25) is 0 Å². The van der Waals surface area contributed by atoms with E-state index in [0.717, 1.165) is 6.07 Å². The van der Waals surface area contributed by atoms with Crippen LogP contribution in [0.25, 0.3) is 0 Å². The average molecular weight is 312 g/mol. The van der Waals surface area contributed by atoms with Gasteiger partial charge in [-0.05, 0) is 24.3 Å². The summed E-state index contributed by atoms with van der Waals surface area (Å²) in [7, 11) is 0. The van der Waals surface area contributed by atoms with Crippen LogP contribution < -0.4 is 11.1 Å². The lowest BCUT2D eigenvalue weighted by Gasteiger charge is -2.14. The molecule has 0 aliphatic rings. The zero-order chi connectivity index (χ0) is 15.5. The number of aromatic nitrogens is 2. The monoisotopic (exact) mass is 312 g/mol. The van der Waals surface area contributed by atoms with Gasteiger partial charge in [0.1, 0.15) is 11.3 Å². The van der Waals surface area contributed by atoms with Gasteiger partial charge in [0, 0.05) is 17.4 Å². The summed E-state index contributed by atoms with van der Waals surface area (Å²) in [6, 6.07) is 5.40. The highest BCUT2D eigenvalue weighted by Crippen LogP contribution is 2.33. The average Bonchev–Trinajstić information content (AvgIpc) is 2.45. The molecule has 3 N–H and O–H groups in total. The Hall–Kier alpha value is -2.22. The smallest absolute Gasteiger partial charge is 0.389 e. The number of halogens is 3. The molecule has 110 valence electrons.